The topological polar surface area (TPSA) is 56.3 Å². The molecule has 4 heteroatoms. The summed E-state index contributed by atoms with van der Waals surface area (Å²) in [6.07, 6.45) is 3.50. The first-order chi connectivity index (χ1) is 11.3. The molecule has 3 aromatic rings. The molecule has 0 bridgehead atoms. The average molecular weight is 305 g/mol. The van der Waals surface area contributed by atoms with E-state index in [2.05, 4.69) is 4.98 Å². The van der Waals surface area contributed by atoms with Crippen LogP contribution in [-0.2, 0) is 4.74 Å². The maximum Gasteiger partial charge on any atom is 0.346 e. The van der Waals surface area contributed by atoms with E-state index in [9.17, 15) is 9.59 Å². The fourth-order valence-corrected chi connectivity index (χ4v) is 1.66. The number of hydrogen-bond donors (Lipinski definition) is 0. The maximum absolute atomic E-state index is 11.6. The Kier molecular flexibility index (Phi) is 6.23. The lowest BCUT2D eigenvalue weighted by molar-refractivity contribution is 0.0398. The van der Waals surface area contributed by atoms with Crippen LogP contribution in [0, 0.1) is 0 Å². The third-order valence-electron chi connectivity index (χ3n) is 2.77. The largest absolute Gasteiger partial charge is 0.386 e. The highest BCUT2D eigenvalue weighted by molar-refractivity contribution is 6.02. The predicted molar refractivity (Wildman–Crippen MR) is 86.9 cm³/mol. The van der Waals surface area contributed by atoms with E-state index in [-0.39, 0.29) is 0 Å². The summed E-state index contributed by atoms with van der Waals surface area (Å²) in [6.45, 7) is 0. The minimum absolute atomic E-state index is 0.358. The summed E-state index contributed by atoms with van der Waals surface area (Å²) < 4.78 is 4.74. The number of hydrogen-bond acceptors (Lipinski definition) is 4. The molecule has 0 aliphatic rings. The van der Waals surface area contributed by atoms with Crippen LogP contribution in [0.1, 0.15) is 20.7 Å². The van der Waals surface area contributed by atoms with Gasteiger partial charge in [0.25, 0.3) is 0 Å². The van der Waals surface area contributed by atoms with Gasteiger partial charge in [0, 0.05) is 12.4 Å². The predicted octanol–water partition coefficient (Wildman–Crippen LogP) is 3.77. The van der Waals surface area contributed by atoms with E-state index in [1.165, 1.54) is 0 Å². The van der Waals surface area contributed by atoms with Gasteiger partial charge in [-0.25, -0.2) is 9.59 Å². The molecule has 0 saturated heterocycles. The van der Waals surface area contributed by atoms with Gasteiger partial charge in [0.15, 0.2) is 0 Å². The standard InChI is InChI=1S/C14H10O3.C5H5N/c15-13(11-7-3-1-4-8-11)17-14(16)12-9-5-2-6-10-12;1-2-4-6-5-3-1/h1-10H;1-5H. The molecular formula is C19H15NO3. The number of rotatable bonds is 2. The van der Waals surface area contributed by atoms with Crippen LogP contribution in [0.2, 0.25) is 0 Å². The molecule has 0 atom stereocenters. The van der Waals surface area contributed by atoms with Gasteiger partial charge in [-0.1, -0.05) is 42.5 Å². The third-order valence-corrected chi connectivity index (χ3v) is 2.77. The van der Waals surface area contributed by atoms with Gasteiger partial charge in [-0.15, -0.1) is 0 Å². The van der Waals surface area contributed by atoms with Crippen LogP contribution in [0.25, 0.3) is 0 Å². The summed E-state index contributed by atoms with van der Waals surface area (Å²) in [6, 6.07) is 22.5. The molecule has 23 heavy (non-hydrogen) atoms. The third kappa shape index (κ3) is 5.55. The van der Waals surface area contributed by atoms with Crippen LogP contribution in [0.5, 0.6) is 0 Å². The normalized spacial score (nSPS) is 9.22. The van der Waals surface area contributed by atoms with Crippen LogP contribution in [0.4, 0.5) is 0 Å². The minimum atomic E-state index is -0.639. The van der Waals surface area contributed by atoms with Crippen molar-refractivity contribution in [2.24, 2.45) is 0 Å². The Labute approximate surface area is 134 Å². The molecular weight excluding hydrogens is 290 g/mol. The van der Waals surface area contributed by atoms with E-state index in [4.69, 9.17) is 4.74 Å². The zero-order valence-corrected chi connectivity index (χ0v) is 12.3. The Hall–Kier alpha value is -3.27. The SMILES string of the molecule is O=C(OC(=O)c1ccccc1)c1ccccc1.c1ccncc1. The van der Waals surface area contributed by atoms with Crippen LogP contribution >= 0.6 is 0 Å². The van der Waals surface area contributed by atoms with Gasteiger partial charge in [-0.2, -0.15) is 0 Å². The van der Waals surface area contributed by atoms with Crippen molar-refractivity contribution >= 4 is 11.9 Å². The summed E-state index contributed by atoms with van der Waals surface area (Å²) in [5, 5.41) is 0. The van der Waals surface area contributed by atoms with E-state index >= 15 is 0 Å². The number of carbonyl (C=O) groups excluding carboxylic acids is 2. The fourth-order valence-electron chi connectivity index (χ4n) is 1.66. The lowest BCUT2D eigenvalue weighted by atomic mass is 10.2. The van der Waals surface area contributed by atoms with E-state index in [0.717, 1.165) is 0 Å². The van der Waals surface area contributed by atoms with Gasteiger partial charge in [0.05, 0.1) is 11.1 Å². The molecule has 2 aromatic carbocycles. The Balaban J connectivity index is 0.000000268. The molecule has 0 unspecified atom stereocenters. The number of esters is 2. The molecule has 0 spiro atoms. The van der Waals surface area contributed by atoms with Crippen molar-refractivity contribution in [2.45, 2.75) is 0 Å². The van der Waals surface area contributed by atoms with Crippen molar-refractivity contribution in [1.29, 1.82) is 0 Å². The number of aromatic nitrogens is 1. The van der Waals surface area contributed by atoms with Gasteiger partial charge in [-0.3, -0.25) is 4.98 Å². The second-order valence-electron chi connectivity index (χ2n) is 4.43. The van der Waals surface area contributed by atoms with Crippen molar-refractivity contribution < 1.29 is 14.3 Å². The summed E-state index contributed by atoms with van der Waals surface area (Å²) >= 11 is 0. The molecule has 0 aliphatic carbocycles. The molecule has 114 valence electrons. The molecule has 0 amide bonds. The Bertz CT molecular complexity index is 652. The van der Waals surface area contributed by atoms with Crippen molar-refractivity contribution in [1.82, 2.24) is 4.98 Å². The minimum Gasteiger partial charge on any atom is -0.386 e. The maximum atomic E-state index is 11.6. The van der Waals surface area contributed by atoms with Gasteiger partial charge < -0.3 is 4.74 Å². The van der Waals surface area contributed by atoms with Crippen LogP contribution in [-0.4, -0.2) is 16.9 Å². The summed E-state index contributed by atoms with van der Waals surface area (Å²) in [5.41, 5.74) is 0.716. The van der Waals surface area contributed by atoms with Gasteiger partial charge in [-0.05, 0) is 36.4 Å². The first kappa shape index (κ1) is 16.1. The molecule has 3 rings (SSSR count). The highest BCUT2D eigenvalue weighted by atomic mass is 16.6. The van der Waals surface area contributed by atoms with Gasteiger partial charge in [0.2, 0.25) is 0 Å². The summed E-state index contributed by atoms with van der Waals surface area (Å²) in [7, 11) is 0. The number of carbonyl (C=O) groups is 2. The van der Waals surface area contributed by atoms with Crippen molar-refractivity contribution in [3.63, 3.8) is 0 Å². The first-order valence-electron chi connectivity index (χ1n) is 6.99. The lowest BCUT2D eigenvalue weighted by Crippen LogP contribution is -2.12. The Morgan fingerprint density at radius 2 is 1.00 bits per heavy atom. The molecule has 1 heterocycles. The molecule has 0 aliphatic heterocycles. The zero-order valence-electron chi connectivity index (χ0n) is 12.3. The van der Waals surface area contributed by atoms with E-state index in [0.29, 0.717) is 11.1 Å². The summed E-state index contributed by atoms with van der Waals surface area (Å²) in [4.78, 5) is 27.0. The lowest BCUT2D eigenvalue weighted by Gasteiger charge is -2.02. The molecule has 1 aromatic heterocycles. The highest BCUT2D eigenvalue weighted by Crippen LogP contribution is 2.06. The molecule has 0 saturated carbocycles. The van der Waals surface area contributed by atoms with E-state index in [1.807, 2.05) is 18.2 Å². The zero-order chi connectivity index (χ0) is 16.3. The fraction of sp³-hybridized carbons (Fsp3) is 0. The second-order valence-corrected chi connectivity index (χ2v) is 4.43. The molecule has 0 radical (unpaired) electrons. The quantitative estimate of drug-likeness (QED) is 0.534. The number of ether oxygens (including phenoxy) is 1. The monoisotopic (exact) mass is 305 g/mol. The van der Waals surface area contributed by atoms with Gasteiger partial charge >= 0.3 is 11.9 Å². The number of nitrogens with zero attached hydrogens (tertiary/aromatic N) is 1. The number of benzene rings is 2. The van der Waals surface area contributed by atoms with Gasteiger partial charge in [0.1, 0.15) is 0 Å². The number of pyridine rings is 1. The molecule has 0 fully saturated rings. The van der Waals surface area contributed by atoms with Crippen molar-refractivity contribution in [3.8, 4) is 0 Å². The average Bonchev–Trinajstić information content (AvgIpc) is 2.65. The molecule has 4 nitrogen and oxygen atoms in total. The van der Waals surface area contributed by atoms with E-state index in [1.54, 1.807) is 73.1 Å². The Morgan fingerprint density at radius 1 is 0.609 bits per heavy atom. The Morgan fingerprint density at radius 3 is 1.30 bits per heavy atom. The first-order valence-corrected chi connectivity index (χ1v) is 6.99. The van der Waals surface area contributed by atoms with Crippen LogP contribution in [0.15, 0.2) is 91.3 Å². The highest BCUT2D eigenvalue weighted by Gasteiger charge is 2.13. The smallest absolute Gasteiger partial charge is 0.346 e. The molecule has 0 N–H and O–H groups in total. The van der Waals surface area contributed by atoms with E-state index < -0.39 is 11.9 Å². The van der Waals surface area contributed by atoms with Crippen molar-refractivity contribution in [3.05, 3.63) is 102 Å². The van der Waals surface area contributed by atoms with Crippen LogP contribution < -0.4 is 0 Å². The van der Waals surface area contributed by atoms with Crippen molar-refractivity contribution in [2.75, 3.05) is 0 Å². The summed E-state index contributed by atoms with van der Waals surface area (Å²) in [5.74, 6) is -1.28. The second kappa shape index (κ2) is 8.89. The van der Waals surface area contributed by atoms with Crippen LogP contribution in [0.3, 0.4) is 0 Å².